The molecule has 1 aromatic heterocycles. The molecule has 2 atom stereocenters. The number of hydrogen-bond donors (Lipinski definition) is 3. The summed E-state index contributed by atoms with van der Waals surface area (Å²) in [6.45, 7) is 13.9. The molecule has 2 aromatic rings. The lowest BCUT2D eigenvalue weighted by Crippen LogP contribution is -2.20. The fourth-order valence-electron chi connectivity index (χ4n) is 4.67. The summed E-state index contributed by atoms with van der Waals surface area (Å²) in [5.41, 5.74) is 4.81. The van der Waals surface area contributed by atoms with Crippen LogP contribution in [0.4, 0.5) is 5.88 Å². The van der Waals surface area contributed by atoms with E-state index in [1.165, 1.54) is 5.57 Å². The molecule has 0 saturated heterocycles. The predicted molar refractivity (Wildman–Crippen MR) is 131 cm³/mol. The van der Waals surface area contributed by atoms with Gasteiger partial charge in [0, 0.05) is 17.0 Å². The number of nitrogens with zero attached hydrogens (tertiary/aromatic N) is 1. The van der Waals surface area contributed by atoms with Gasteiger partial charge in [0.05, 0.1) is 11.3 Å². The maximum absolute atomic E-state index is 13.4. The van der Waals surface area contributed by atoms with Crippen molar-refractivity contribution in [2.24, 2.45) is 5.92 Å². The quantitative estimate of drug-likeness (QED) is 0.306. The third-order valence-electron chi connectivity index (χ3n) is 6.77. The van der Waals surface area contributed by atoms with E-state index in [1.807, 2.05) is 13.8 Å². The summed E-state index contributed by atoms with van der Waals surface area (Å²) in [4.78, 5) is 13.4. The zero-order valence-corrected chi connectivity index (χ0v) is 20.4. The summed E-state index contributed by atoms with van der Waals surface area (Å²) < 4.78 is 5.26. The highest BCUT2D eigenvalue weighted by atomic mass is 16.5. The number of benzene rings is 1. The van der Waals surface area contributed by atoms with Gasteiger partial charge in [-0.25, -0.2) is 0 Å². The molecule has 0 saturated carbocycles. The Balaban J connectivity index is 2.12. The van der Waals surface area contributed by atoms with Crippen LogP contribution in [0.15, 0.2) is 34.4 Å². The number of aryl methyl sites for hydroxylation is 2. The minimum Gasteiger partial charge on any atom is -0.507 e. The minimum atomic E-state index is -0.470. The van der Waals surface area contributed by atoms with Gasteiger partial charge in [0.25, 0.3) is 5.91 Å². The summed E-state index contributed by atoms with van der Waals surface area (Å²) in [5, 5.41) is 29.1. The Labute approximate surface area is 196 Å². The number of nitrogens with one attached hydrogen (secondary N) is 1. The molecule has 0 spiro atoms. The zero-order valence-electron chi connectivity index (χ0n) is 20.4. The molecule has 1 aliphatic carbocycles. The monoisotopic (exact) mass is 452 g/mol. The largest absolute Gasteiger partial charge is 0.507 e. The summed E-state index contributed by atoms with van der Waals surface area (Å²) in [6.07, 6.45) is 7.37. The Kier molecular flexibility index (Phi) is 7.67. The van der Waals surface area contributed by atoms with Crippen LogP contribution in [0.3, 0.4) is 0 Å². The van der Waals surface area contributed by atoms with Crippen LogP contribution in [0.2, 0.25) is 0 Å². The van der Waals surface area contributed by atoms with Crippen molar-refractivity contribution < 1.29 is 19.5 Å². The highest BCUT2D eigenvalue weighted by molar-refractivity contribution is 6.07. The van der Waals surface area contributed by atoms with E-state index in [4.69, 9.17) is 4.52 Å². The lowest BCUT2D eigenvalue weighted by Gasteiger charge is -2.32. The van der Waals surface area contributed by atoms with Crippen LogP contribution in [-0.4, -0.2) is 21.3 Å². The van der Waals surface area contributed by atoms with E-state index in [1.54, 1.807) is 13.0 Å². The van der Waals surface area contributed by atoms with E-state index in [2.05, 4.69) is 37.0 Å². The second-order valence-electron chi connectivity index (χ2n) is 9.36. The Bertz CT molecular complexity index is 1080. The number of carbonyl (C=O) groups is 1. The molecular formula is C27H36N2O4. The van der Waals surface area contributed by atoms with Gasteiger partial charge in [-0.15, -0.1) is 0 Å². The van der Waals surface area contributed by atoms with E-state index < -0.39 is 5.91 Å². The maximum Gasteiger partial charge on any atom is 0.262 e. The number of aromatic hydroxyl groups is 2. The van der Waals surface area contributed by atoms with Gasteiger partial charge in [0.15, 0.2) is 0 Å². The van der Waals surface area contributed by atoms with E-state index >= 15 is 0 Å². The van der Waals surface area contributed by atoms with Gasteiger partial charge in [-0.1, -0.05) is 48.7 Å². The van der Waals surface area contributed by atoms with Crippen molar-refractivity contribution in [3.63, 3.8) is 0 Å². The van der Waals surface area contributed by atoms with Crippen molar-refractivity contribution in [2.45, 2.75) is 79.1 Å². The van der Waals surface area contributed by atoms with Crippen LogP contribution in [0.1, 0.15) is 91.5 Å². The molecule has 1 amide bonds. The first kappa shape index (κ1) is 24.6. The normalized spacial score (nSPS) is 18.2. The molecule has 6 heteroatoms. The van der Waals surface area contributed by atoms with Crippen LogP contribution in [0.5, 0.6) is 11.5 Å². The zero-order chi connectivity index (χ0) is 24.3. The lowest BCUT2D eigenvalue weighted by atomic mass is 9.73. The number of amides is 1. The van der Waals surface area contributed by atoms with Crippen molar-refractivity contribution >= 4 is 11.8 Å². The molecule has 0 radical (unpaired) electrons. The smallest absolute Gasteiger partial charge is 0.262 e. The van der Waals surface area contributed by atoms with Crippen molar-refractivity contribution in [3.8, 4) is 11.5 Å². The minimum absolute atomic E-state index is 0.0180. The van der Waals surface area contributed by atoms with Crippen LogP contribution >= 0.6 is 0 Å². The van der Waals surface area contributed by atoms with Crippen LogP contribution in [0, 0.1) is 19.8 Å². The molecule has 0 bridgehead atoms. The van der Waals surface area contributed by atoms with Gasteiger partial charge in [0.1, 0.15) is 11.5 Å². The maximum atomic E-state index is 13.4. The number of unbranched alkanes of at least 4 members (excludes halogenated alkanes) is 2. The third-order valence-corrected chi connectivity index (χ3v) is 6.77. The highest BCUT2D eigenvalue weighted by Gasteiger charge is 2.33. The van der Waals surface area contributed by atoms with E-state index in [0.29, 0.717) is 23.2 Å². The van der Waals surface area contributed by atoms with Gasteiger partial charge in [-0.05, 0) is 70.9 Å². The highest BCUT2D eigenvalue weighted by Crippen LogP contribution is 2.48. The summed E-state index contributed by atoms with van der Waals surface area (Å²) in [7, 11) is 0. The topological polar surface area (TPSA) is 95.6 Å². The Morgan fingerprint density at radius 3 is 2.61 bits per heavy atom. The SMILES string of the molecule is C=C(C)C1CCC(C)=CC1c1c(O)cc(CCCCC)c(C(=O)Nc2onc(C)c2C)c1O. The molecule has 6 nitrogen and oxygen atoms in total. The van der Waals surface area contributed by atoms with Gasteiger partial charge in [-0.2, -0.15) is 0 Å². The lowest BCUT2D eigenvalue weighted by molar-refractivity contribution is 0.102. The molecule has 1 heterocycles. The number of aromatic nitrogens is 1. The second-order valence-corrected chi connectivity index (χ2v) is 9.36. The van der Waals surface area contributed by atoms with Gasteiger partial charge in [0.2, 0.25) is 5.88 Å². The number of anilines is 1. The summed E-state index contributed by atoms with van der Waals surface area (Å²) in [6, 6.07) is 1.64. The average molecular weight is 453 g/mol. The molecule has 1 aromatic carbocycles. The number of hydrogen-bond acceptors (Lipinski definition) is 5. The fourth-order valence-corrected chi connectivity index (χ4v) is 4.67. The van der Waals surface area contributed by atoms with Crippen molar-refractivity contribution in [1.29, 1.82) is 0 Å². The Morgan fingerprint density at radius 1 is 1.27 bits per heavy atom. The van der Waals surface area contributed by atoms with Gasteiger partial charge < -0.3 is 14.7 Å². The molecular weight excluding hydrogens is 416 g/mol. The molecule has 178 valence electrons. The standard InChI is InChI=1S/C27H36N2O4/c1-7-8-9-10-19-14-22(30)24(21-13-16(4)11-12-20(21)15(2)3)25(31)23(19)26(32)28-27-17(5)18(6)29-33-27/h13-14,20-21,30-31H,2,7-12H2,1,3-6H3,(H,28,32). The molecule has 0 fully saturated rings. The van der Waals surface area contributed by atoms with Crippen molar-refractivity contribution in [2.75, 3.05) is 5.32 Å². The van der Waals surface area contributed by atoms with Crippen LogP contribution in [-0.2, 0) is 6.42 Å². The molecule has 0 aliphatic heterocycles. The Hall–Kier alpha value is -3.02. The third kappa shape index (κ3) is 5.15. The first-order valence-corrected chi connectivity index (χ1v) is 11.8. The van der Waals surface area contributed by atoms with Gasteiger partial charge >= 0.3 is 0 Å². The molecule has 33 heavy (non-hydrogen) atoms. The second kappa shape index (κ2) is 10.3. The van der Waals surface area contributed by atoms with E-state index in [0.717, 1.165) is 43.2 Å². The van der Waals surface area contributed by atoms with E-state index in [-0.39, 0.29) is 34.8 Å². The summed E-state index contributed by atoms with van der Waals surface area (Å²) in [5.74, 6) is -0.532. The molecule has 1 aliphatic rings. The molecule has 2 unspecified atom stereocenters. The molecule has 3 rings (SSSR count). The summed E-state index contributed by atoms with van der Waals surface area (Å²) >= 11 is 0. The predicted octanol–water partition coefficient (Wildman–Crippen LogP) is 6.70. The fraction of sp³-hybridized carbons (Fsp3) is 0.481. The Morgan fingerprint density at radius 2 is 2.00 bits per heavy atom. The number of allylic oxidation sites excluding steroid dienone is 3. The van der Waals surface area contributed by atoms with Crippen molar-refractivity contribution in [3.05, 3.63) is 57.8 Å². The average Bonchev–Trinajstić information content (AvgIpc) is 3.05. The first-order valence-electron chi connectivity index (χ1n) is 11.8. The number of phenols is 2. The van der Waals surface area contributed by atoms with Gasteiger partial charge in [-0.3, -0.25) is 10.1 Å². The number of phenolic OH excluding ortho intramolecular Hbond substituents is 2. The van der Waals surface area contributed by atoms with E-state index in [9.17, 15) is 15.0 Å². The number of rotatable bonds is 8. The number of carbonyl (C=O) groups excluding carboxylic acids is 1. The molecule has 3 N–H and O–H groups in total. The van der Waals surface area contributed by atoms with Crippen LogP contribution in [0.25, 0.3) is 0 Å². The van der Waals surface area contributed by atoms with Crippen LogP contribution < -0.4 is 5.32 Å². The van der Waals surface area contributed by atoms with Crippen molar-refractivity contribution in [1.82, 2.24) is 5.16 Å². The first-order chi connectivity index (χ1) is 15.6.